The molecule has 1 fully saturated rings. The smallest absolute Gasteiger partial charge is 0.239 e. The Morgan fingerprint density at radius 3 is 2.38 bits per heavy atom. The highest BCUT2D eigenvalue weighted by atomic mass is 32.2. The molecule has 1 heterocycles. The Hall–Kier alpha value is -2.63. The fraction of sp³-hybridized carbons (Fsp3) is 0.278. The summed E-state index contributed by atoms with van der Waals surface area (Å²) >= 11 is 0. The third-order valence-corrected chi connectivity index (χ3v) is 6.55. The summed E-state index contributed by atoms with van der Waals surface area (Å²) in [5.74, 6) is -0.0155. The molecule has 0 aliphatic carbocycles. The van der Waals surface area contributed by atoms with Crippen LogP contribution in [0.4, 0.5) is 11.4 Å². The average Bonchev–Trinajstić information content (AvgIpc) is 2.65. The van der Waals surface area contributed by atoms with Gasteiger partial charge in [-0.3, -0.25) is 4.79 Å². The molecule has 9 nitrogen and oxygen atoms in total. The Morgan fingerprint density at radius 1 is 1.10 bits per heavy atom. The lowest BCUT2D eigenvalue weighted by molar-refractivity contribution is -0.120. The molecule has 3 rings (SSSR count). The number of hydrogen-bond donors (Lipinski definition) is 3. The number of carbonyl (C=O) groups is 1. The molecule has 2 aromatic rings. The van der Waals surface area contributed by atoms with Crippen molar-refractivity contribution < 1.29 is 21.6 Å². The molecule has 29 heavy (non-hydrogen) atoms. The largest absolute Gasteiger partial charge is 0.380 e. The number of nitrogens with zero attached hydrogens (tertiary/aromatic N) is 1. The van der Waals surface area contributed by atoms with Gasteiger partial charge < -0.3 is 15.5 Å². The van der Waals surface area contributed by atoms with Gasteiger partial charge in [-0.15, -0.1) is 0 Å². The normalized spacial score (nSPS) is 15.1. The molecular weight excluding hydrogens is 416 g/mol. The van der Waals surface area contributed by atoms with Crippen molar-refractivity contribution in [1.82, 2.24) is 5.32 Å². The van der Waals surface area contributed by atoms with E-state index >= 15 is 0 Å². The van der Waals surface area contributed by atoms with Crippen LogP contribution in [-0.4, -0.2) is 48.6 Å². The van der Waals surface area contributed by atoms with Crippen molar-refractivity contribution in [3.05, 3.63) is 48.0 Å². The van der Waals surface area contributed by atoms with Crippen molar-refractivity contribution in [3.8, 4) is 0 Å². The monoisotopic (exact) mass is 438 g/mol. The van der Waals surface area contributed by atoms with Crippen molar-refractivity contribution in [2.45, 2.75) is 16.3 Å². The van der Waals surface area contributed by atoms with Gasteiger partial charge >= 0.3 is 0 Å². The van der Waals surface area contributed by atoms with Crippen molar-refractivity contribution >= 4 is 37.1 Å². The van der Waals surface area contributed by atoms with E-state index in [4.69, 9.17) is 5.14 Å². The maximum absolute atomic E-state index is 12.1. The molecule has 156 valence electrons. The highest BCUT2D eigenvalue weighted by Gasteiger charge is 2.19. The second kappa shape index (κ2) is 8.01. The quantitative estimate of drug-likeness (QED) is 0.589. The Kier molecular flexibility index (Phi) is 5.82. The molecule has 0 bridgehead atoms. The molecule has 2 aromatic carbocycles. The maximum Gasteiger partial charge on any atom is 0.239 e. The standard InChI is InChI=1S/C18H22N4O5S2/c1-28(24,25)17-10-15(29(19,26)27)6-7-16(17)21-11-13-2-4-14(5-3-13)22-9-8-20-18(23)12-22/h2-7,10,21H,8-9,11-12H2,1H3,(H,20,23)(H2,19,26,27). The number of nitrogens with one attached hydrogen (secondary N) is 2. The summed E-state index contributed by atoms with van der Waals surface area (Å²) in [5.41, 5.74) is 2.11. The van der Waals surface area contributed by atoms with Gasteiger partial charge in [0.2, 0.25) is 15.9 Å². The van der Waals surface area contributed by atoms with Crippen molar-refractivity contribution in [2.24, 2.45) is 5.14 Å². The van der Waals surface area contributed by atoms with Crippen LogP contribution in [0.3, 0.4) is 0 Å². The molecule has 0 radical (unpaired) electrons. The minimum Gasteiger partial charge on any atom is -0.380 e. The van der Waals surface area contributed by atoms with E-state index in [1.54, 1.807) is 0 Å². The van der Waals surface area contributed by atoms with Crippen LogP contribution in [0, 0.1) is 0 Å². The minimum absolute atomic E-state index is 0.0155. The summed E-state index contributed by atoms with van der Waals surface area (Å²) in [6.07, 6.45) is 1.00. The second-order valence-corrected chi connectivity index (χ2v) is 10.3. The molecule has 1 saturated heterocycles. The van der Waals surface area contributed by atoms with Crippen LogP contribution in [0.15, 0.2) is 52.3 Å². The first-order valence-corrected chi connectivity index (χ1v) is 12.2. The number of benzene rings is 2. The third kappa shape index (κ3) is 5.25. The summed E-state index contributed by atoms with van der Waals surface area (Å²) in [6.45, 7) is 1.98. The number of sulfone groups is 1. The summed E-state index contributed by atoms with van der Waals surface area (Å²) in [6, 6.07) is 11.3. The van der Waals surface area contributed by atoms with E-state index in [0.29, 0.717) is 19.6 Å². The van der Waals surface area contributed by atoms with Crippen molar-refractivity contribution in [3.63, 3.8) is 0 Å². The zero-order valence-electron chi connectivity index (χ0n) is 15.8. The van der Waals surface area contributed by atoms with E-state index in [-0.39, 0.29) is 21.4 Å². The summed E-state index contributed by atoms with van der Waals surface area (Å²) in [5, 5.41) is 10.9. The van der Waals surface area contributed by atoms with Gasteiger partial charge in [0.15, 0.2) is 9.84 Å². The minimum atomic E-state index is -4.01. The van der Waals surface area contributed by atoms with Gasteiger partial charge in [0.1, 0.15) is 0 Å². The highest BCUT2D eigenvalue weighted by Crippen LogP contribution is 2.25. The van der Waals surface area contributed by atoms with Crippen LogP contribution in [0.2, 0.25) is 0 Å². The summed E-state index contributed by atoms with van der Waals surface area (Å²) in [7, 11) is -7.69. The number of piperazine rings is 1. The van der Waals surface area contributed by atoms with E-state index in [1.807, 2.05) is 29.2 Å². The first-order valence-electron chi connectivity index (χ1n) is 8.75. The van der Waals surface area contributed by atoms with Gasteiger partial charge in [-0.1, -0.05) is 12.1 Å². The van der Waals surface area contributed by atoms with Crippen LogP contribution < -0.4 is 20.7 Å². The van der Waals surface area contributed by atoms with Gasteiger partial charge in [0.05, 0.1) is 22.0 Å². The van der Waals surface area contributed by atoms with Crippen LogP contribution in [0.5, 0.6) is 0 Å². The molecule has 0 saturated carbocycles. The summed E-state index contributed by atoms with van der Waals surface area (Å²) in [4.78, 5) is 13.1. The van der Waals surface area contributed by atoms with E-state index in [9.17, 15) is 21.6 Å². The Bertz CT molecular complexity index is 1130. The SMILES string of the molecule is CS(=O)(=O)c1cc(S(N)(=O)=O)ccc1NCc1ccc(N2CCNC(=O)C2)cc1. The molecule has 0 aromatic heterocycles. The fourth-order valence-electron chi connectivity index (χ4n) is 3.01. The number of nitrogens with two attached hydrogens (primary N) is 1. The Morgan fingerprint density at radius 2 is 1.79 bits per heavy atom. The van der Waals surface area contributed by atoms with Gasteiger partial charge in [0.25, 0.3) is 0 Å². The molecule has 0 unspecified atom stereocenters. The number of hydrogen-bond acceptors (Lipinski definition) is 7. The molecule has 1 aliphatic heterocycles. The number of rotatable bonds is 6. The Labute approximate surface area is 169 Å². The predicted molar refractivity (Wildman–Crippen MR) is 110 cm³/mol. The van der Waals surface area contributed by atoms with Gasteiger partial charge in [-0.25, -0.2) is 22.0 Å². The third-order valence-electron chi connectivity index (χ3n) is 4.50. The first kappa shape index (κ1) is 21.1. The van der Waals surface area contributed by atoms with E-state index in [0.717, 1.165) is 30.1 Å². The zero-order chi connectivity index (χ0) is 21.2. The van der Waals surface area contributed by atoms with Crippen LogP contribution in [0.1, 0.15) is 5.56 Å². The fourth-order valence-corrected chi connectivity index (χ4v) is 4.51. The highest BCUT2D eigenvalue weighted by molar-refractivity contribution is 7.91. The van der Waals surface area contributed by atoms with Gasteiger partial charge in [0, 0.05) is 31.6 Å². The van der Waals surface area contributed by atoms with E-state index in [2.05, 4.69) is 10.6 Å². The second-order valence-electron chi connectivity index (χ2n) is 6.77. The van der Waals surface area contributed by atoms with Crippen LogP contribution in [-0.2, 0) is 31.2 Å². The number of sulfonamides is 1. The lowest BCUT2D eigenvalue weighted by Crippen LogP contribution is -2.47. The molecular formula is C18H22N4O5S2. The average molecular weight is 439 g/mol. The molecule has 1 amide bonds. The summed E-state index contributed by atoms with van der Waals surface area (Å²) < 4.78 is 47.2. The predicted octanol–water partition coefficient (Wildman–Crippen LogP) is 0.286. The molecule has 11 heteroatoms. The number of primary sulfonamides is 1. The molecule has 0 spiro atoms. The number of carbonyl (C=O) groups excluding carboxylic acids is 1. The zero-order valence-corrected chi connectivity index (χ0v) is 17.4. The van der Waals surface area contributed by atoms with Crippen LogP contribution in [0.25, 0.3) is 0 Å². The topological polar surface area (TPSA) is 139 Å². The van der Waals surface area contributed by atoms with Crippen LogP contribution >= 0.6 is 0 Å². The van der Waals surface area contributed by atoms with Gasteiger partial charge in [-0.05, 0) is 35.9 Å². The number of amides is 1. The Balaban J connectivity index is 1.76. The van der Waals surface area contributed by atoms with E-state index in [1.165, 1.54) is 12.1 Å². The first-order chi connectivity index (χ1) is 13.5. The molecule has 1 aliphatic rings. The number of anilines is 2. The van der Waals surface area contributed by atoms with E-state index < -0.39 is 19.9 Å². The van der Waals surface area contributed by atoms with Crippen molar-refractivity contribution in [2.75, 3.05) is 36.1 Å². The molecule has 0 atom stereocenters. The lowest BCUT2D eigenvalue weighted by Gasteiger charge is -2.28. The van der Waals surface area contributed by atoms with Gasteiger partial charge in [-0.2, -0.15) is 0 Å². The van der Waals surface area contributed by atoms with Crippen molar-refractivity contribution in [1.29, 1.82) is 0 Å². The lowest BCUT2D eigenvalue weighted by atomic mass is 10.1. The molecule has 4 N–H and O–H groups in total. The maximum atomic E-state index is 12.1.